The van der Waals surface area contributed by atoms with Gasteiger partial charge in [0.15, 0.2) is 5.78 Å². The molecule has 0 saturated carbocycles. The molecule has 0 bridgehead atoms. The van der Waals surface area contributed by atoms with E-state index in [9.17, 15) is 4.79 Å². The van der Waals surface area contributed by atoms with Gasteiger partial charge in [-0.1, -0.05) is 6.07 Å². The molecule has 0 amide bonds. The average Bonchev–Trinajstić information content (AvgIpc) is 2.69. The van der Waals surface area contributed by atoms with Gasteiger partial charge in [0, 0.05) is 37.9 Å². The summed E-state index contributed by atoms with van der Waals surface area (Å²) in [6.07, 6.45) is 4.03. The van der Waals surface area contributed by atoms with Crippen molar-refractivity contribution < 1.29 is 9.53 Å². The van der Waals surface area contributed by atoms with Gasteiger partial charge >= 0.3 is 0 Å². The number of benzene rings is 1. The molecule has 26 heavy (non-hydrogen) atoms. The smallest absolute Gasteiger partial charge is 0.159 e. The van der Waals surface area contributed by atoms with Crippen molar-refractivity contribution in [2.45, 2.75) is 19.8 Å². The molecule has 5 nitrogen and oxygen atoms in total. The summed E-state index contributed by atoms with van der Waals surface area (Å²) in [5.41, 5.74) is 0.724. The van der Waals surface area contributed by atoms with E-state index in [1.807, 2.05) is 42.6 Å². The molecule has 0 N–H and O–H groups in total. The summed E-state index contributed by atoms with van der Waals surface area (Å²) in [7, 11) is 0. The number of hydrogen-bond donors (Lipinski definition) is 0. The quantitative estimate of drug-likeness (QED) is 0.538. The summed E-state index contributed by atoms with van der Waals surface area (Å²) in [6, 6.07) is 13.5. The maximum atomic E-state index is 11.3. The second kappa shape index (κ2) is 9.34. The molecule has 138 valence electrons. The van der Waals surface area contributed by atoms with E-state index in [2.05, 4.69) is 20.9 Å². The van der Waals surface area contributed by atoms with E-state index in [0.717, 1.165) is 62.7 Å². The first-order valence-electron chi connectivity index (χ1n) is 9.34. The van der Waals surface area contributed by atoms with Gasteiger partial charge in [-0.05, 0) is 62.7 Å². The number of hydrogen-bond acceptors (Lipinski definition) is 5. The van der Waals surface area contributed by atoms with Gasteiger partial charge in [-0.2, -0.15) is 0 Å². The number of unbranched alkanes of at least 4 members (excludes halogenated alkanes) is 1. The van der Waals surface area contributed by atoms with Crippen LogP contribution in [0.3, 0.4) is 0 Å². The first kappa shape index (κ1) is 18.4. The third-order valence-electron chi connectivity index (χ3n) is 4.74. The fraction of sp³-hybridized carbons (Fsp3) is 0.429. The number of ketones is 1. The van der Waals surface area contributed by atoms with Crippen LogP contribution in [0.15, 0.2) is 48.7 Å². The molecule has 1 aromatic carbocycles. The molecule has 5 heteroatoms. The number of nitrogens with zero attached hydrogens (tertiary/aromatic N) is 3. The zero-order valence-electron chi connectivity index (χ0n) is 15.4. The molecule has 2 aromatic rings. The minimum Gasteiger partial charge on any atom is -0.494 e. The molecule has 1 aliphatic rings. The fourth-order valence-electron chi connectivity index (χ4n) is 3.15. The molecule has 1 aromatic heterocycles. The molecule has 0 spiro atoms. The van der Waals surface area contributed by atoms with Gasteiger partial charge in [0.05, 0.1) is 6.61 Å². The highest BCUT2D eigenvalue weighted by Gasteiger charge is 2.17. The Morgan fingerprint density at radius 3 is 2.46 bits per heavy atom. The SMILES string of the molecule is CC(=O)c1ccc(OCCCCN2CCN(c3ccccn3)CC2)cc1. The van der Waals surface area contributed by atoms with Crippen LogP contribution in [0.2, 0.25) is 0 Å². The van der Waals surface area contributed by atoms with Crippen molar-refractivity contribution in [1.29, 1.82) is 0 Å². The molecular formula is C21H27N3O2. The monoisotopic (exact) mass is 353 g/mol. The predicted octanol–water partition coefficient (Wildman–Crippen LogP) is 3.27. The Hall–Kier alpha value is -2.40. The van der Waals surface area contributed by atoms with E-state index in [-0.39, 0.29) is 5.78 Å². The van der Waals surface area contributed by atoms with Gasteiger partial charge in [-0.15, -0.1) is 0 Å². The van der Waals surface area contributed by atoms with Crippen molar-refractivity contribution in [3.05, 3.63) is 54.2 Å². The van der Waals surface area contributed by atoms with Crippen LogP contribution in [0.1, 0.15) is 30.1 Å². The van der Waals surface area contributed by atoms with E-state index in [1.165, 1.54) is 0 Å². The van der Waals surface area contributed by atoms with Gasteiger partial charge in [-0.25, -0.2) is 4.98 Å². The van der Waals surface area contributed by atoms with Crippen LogP contribution >= 0.6 is 0 Å². The van der Waals surface area contributed by atoms with E-state index in [4.69, 9.17) is 4.74 Å². The third-order valence-corrected chi connectivity index (χ3v) is 4.74. The third kappa shape index (κ3) is 5.30. The number of rotatable bonds is 8. The molecule has 1 saturated heterocycles. The van der Waals surface area contributed by atoms with E-state index < -0.39 is 0 Å². The number of pyridine rings is 1. The second-order valence-corrected chi connectivity index (χ2v) is 6.65. The molecule has 2 heterocycles. The molecule has 0 unspecified atom stereocenters. The normalized spacial score (nSPS) is 15.0. The molecule has 0 aliphatic carbocycles. The predicted molar refractivity (Wildman–Crippen MR) is 104 cm³/mol. The van der Waals surface area contributed by atoms with Crippen LogP contribution in [0, 0.1) is 0 Å². The topological polar surface area (TPSA) is 45.7 Å². The Kier molecular flexibility index (Phi) is 6.61. The Labute approximate surface area is 155 Å². The maximum Gasteiger partial charge on any atom is 0.159 e. The van der Waals surface area contributed by atoms with Crippen molar-refractivity contribution in [3.63, 3.8) is 0 Å². The summed E-state index contributed by atoms with van der Waals surface area (Å²) >= 11 is 0. The zero-order valence-corrected chi connectivity index (χ0v) is 15.4. The van der Waals surface area contributed by atoms with E-state index in [0.29, 0.717) is 6.61 Å². The first-order chi connectivity index (χ1) is 12.7. The first-order valence-corrected chi connectivity index (χ1v) is 9.34. The number of carbonyl (C=O) groups excluding carboxylic acids is 1. The summed E-state index contributed by atoms with van der Waals surface area (Å²) in [5.74, 6) is 2.00. The van der Waals surface area contributed by atoms with Crippen molar-refractivity contribution in [3.8, 4) is 5.75 Å². The van der Waals surface area contributed by atoms with Crippen LogP contribution in [0.25, 0.3) is 0 Å². The number of carbonyl (C=O) groups is 1. The van der Waals surface area contributed by atoms with Crippen LogP contribution in [0.5, 0.6) is 5.75 Å². The number of anilines is 1. The lowest BCUT2D eigenvalue weighted by Gasteiger charge is -2.35. The zero-order chi connectivity index (χ0) is 18.2. The number of Topliss-reactive ketones (excluding diaryl/α,β-unsaturated/α-hetero) is 1. The Morgan fingerprint density at radius 1 is 1.04 bits per heavy atom. The number of ether oxygens (including phenoxy) is 1. The Balaban J connectivity index is 1.29. The second-order valence-electron chi connectivity index (χ2n) is 6.65. The van der Waals surface area contributed by atoms with Crippen molar-refractivity contribution in [2.75, 3.05) is 44.2 Å². The largest absolute Gasteiger partial charge is 0.494 e. The van der Waals surface area contributed by atoms with Crippen LogP contribution in [-0.2, 0) is 0 Å². The van der Waals surface area contributed by atoms with Gasteiger partial charge in [0.25, 0.3) is 0 Å². The summed E-state index contributed by atoms with van der Waals surface area (Å²) in [5, 5.41) is 0. The minimum absolute atomic E-state index is 0.0830. The molecular weight excluding hydrogens is 326 g/mol. The van der Waals surface area contributed by atoms with Gasteiger partial charge in [0.1, 0.15) is 11.6 Å². The van der Waals surface area contributed by atoms with Crippen LogP contribution in [0.4, 0.5) is 5.82 Å². The highest BCUT2D eigenvalue weighted by Crippen LogP contribution is 2.14. The van der Waals surface area contributed by atoms with Crippen molar-refractivity contribution >= 4 is 11.6 Å². The molecule has 3 rings (SSSR count). The van der Waals surface area contributed by atoms with Crippen LogP contribution < -0.4 is 9.64 Å². The lowest BCUT2D eigenvalue weighted by Crippen LogP contribution is -2.46. The highest BCUT2D eigenvalue weighted by atomic mass is 16.5. The molecule has 1 fully saturated rings. The van der Waals surface area contributed by atoms with Crippen molar-refractivity contribution in [2.24, 2.45) is 0 Å². The lowest BCUT2D eigenvalue weighted by molar-refractivity contribution is 0.101. The molecule has 0 radical (unpaired) electrons. The van der Waals surface area contributed by atoms with Gasteiger partial charge < -0.3 is 9.64 Å². The number of piperazine rings is 1. The summed E-state index contributed by atoms with van der Waals surface area (Å²) in [4.78, 5) is 20.6. The average molecular weight is 353 g/mol. The molecule has 1 aliphatic heterocycles. The van der Waals surface area contributed by atoms with E-state index >= 15 is 0 Å². The minimum atomic E-state index is 0.0830. The Bertz CT molecular complexity index is 680. The molecule has 0 atom stereocenters. The summed E-state index contributed by atoms with van der Waals surface area (Å²) in [6.45, 7) is 7.65. The van der Waals surface area contributed by atoms with Crippen LogP contribution in [-0.4, -0.2) is 55.0 Å². The fourth-order valence-corrected chi connectivity index (χ4v) is 3.15. The highest BCUT2D eigenvalue weighted by molar-refractivity contribution is 5.94. The Morgan fingerprint density at radius 2 is 1.81 bits per heavy atom. The van der Waals surface area contributed by atoms with Gasteiger partial charge in [0.2, 0.25) is 0 Å². The maximum absolute atomic E-state index is 11.3. The summed E-state index contributed by atoms with van der Waals surface area (Å²) < 4.78 is 5.76. The van der Waals surface area contributed by atoms with Gasteiger partial charge in [-0.3, -0.25) is 9.69 Å². The number of aromatic nitrogens is 1. The standard InChI is InChI=1S/C21H27N3O2/c1-18(25)19-7-9-20(10-8-19)26-17-5-4-12-23-13-15-24(16-14-23)21-6-2-3-11-22-21/h2-3,6-11H,4-5,12-17H2,1H3. The lowest BCUT2D eigenvalue weighted by atomic mass is 10.1. The van der Waals surface area contributed by atoms with Crippen molar-refractivity contribution in [1.82, 2.24) is 9.88 Å². The van der Waals surface area contributed by atoms with E-state index in [1.54, 1.807) is 6.92 Å².